The van der Waals surface area contributed by atoms with E-state index in [2.05, 4.69) is 17.4 Å². The van der Waals surface area contributed by atoms with Crippen LogP contribution < -0.4 is 10.1 Å². The van der Waals surface area contributed by atoms with Crippen LogP contribution in [0.2, 0.25) is 0 Å². The summed E-state index contributed by atoms with van der Waals surface area (Å²) >= 11 is 0. The van der Waals surface area contributed by atoms with Crippen LogP contribution in [0, 0.1) is 13.8 Å². The first-order chi connectivity index (χ1) is 15.5. The molecule has 172 valence electrons. The molecule has 2 aromatic rings. The summed E-state index contributed by atoms with van der Waals surface area (Å²) in [7, 11) is 0. The predicted octanol–water partition coefficient (Wildman–Crippen LogP) is 4.59. The zero-order chi connectivity index (χ0) is 22.9. The highest BCUT2D eigenvalue weighted by molar-refractivity contribution is 5.88. The smallest absolute Gasteiger partial charge is 0.261 e. The maximum atomic E-state index is 13.3. The van der Waals surface area contributed by atoms with E-state index in [9.17, 15) is 9.59 Å². The van der Waals surface area contributed by atoms with Crippen LogP contribution in [0.4, 0.5) is 0 Å². The highest BCUT2D eigenvalue weighted by Crippen LogP contribution is 2.21. The van der Waals surface area contributed by atoms with Crippen LogP contribution in [0.15, 0.2) is 48.5 Å². The van der Waals surface area contributed by atoms with Crippen molar-refractivity contribution in [2.45, 2.75) is 71.4 Å². The van der Waals surface area contributed by atoms with E-state index in [0.29, 0.717) is 25.1 Å². The Morgan fingerprint density at radius 2 is 1.81 bits per heavy atom. The summed E-state index contributed by atoms with van der Waals surface area (Å²) in [4.78, 5) is 28.1. The lowest BCUT2D eigenvalue weighted by Crippen LogP contribution is -2.53. The Kier molecular flexibility index (Phi) is 8.72. The molecule has 1 fully saturated rings. The first kappa shape index (κ1) is 23.8. The first-order valence-electron chi connectivity index (χ1n) is 11.8. The van der Waals surface area contributed by atoms with E-state index in [-0.39, 0.29) is 24.5 Å². The topological polar surface area (TPSA) is 58.6 Å². The van der Waals surface area contributed by atoms with Crippen molar-refractivity contribution in [1.82, 2.24) is 10.2 Å². The van der Waals surface area contributed by atoms with E-state index < -0.39 is 6.04 Å². The van der Waals surface area contributed by atoms with Crippen LogP contribution >= 0.6 is 0 Å². The highest BCUT2D eigenvalue weighted by atomic mass is 16.5. The maximum absolute atomic E-state index is 13.3. The summed E-state index contributed by atoms with van der Waals surface area (Å²) < 4.78 is 5.90. The molecule has 0 aromatic heterocycles. The Morgan fingerprint density at radius 3 is 2.50 bits per heavy atom. The van der Waals surface area contributed by atoms with E-state index in [0.717, 1.165) is 42.4 Å². The summed E-state index contributed by atoms with van der Waals surface area (Å²) in [6, 6.07) is 15.8. The quantitative estimate of drug-likeness (QED) is 0.593. The minimum absolute atomic E-state index is 0.0486. The highest BCUT2D eigenvalue weighted by Gasteiger charge is 2.30. The molecule has 0 radical (unpaired) electrons. The van der Waals surface area contributed by atoms with Crippen LogP contribution in [0.25, 0.3) is 0 Å². The van der Waals surface area contributed by atoms with Gasteiger partial charge in [-0.05, 0) is 62.3 Å². The molecule has 0 heterocycles. The van der Waals surface area contributed by atoms with Gasteiger partial charge in [0.1, 0.15) is 11.8 Å². The van der Waals surface area contributed by atoms with Crippen molar-refractivity contribution in [2.24, 2.45) is 0 Å². The Morgan fingerprint density at radius 1 is 1.09 bits per heavy atom. The lowest BCUT2D eigenvalue weighted by atomic mass is 10.1. The molecule has 0 unspecified atom stereocenters. The third-order valence-electron chi connectivity index (χ3n) is 6.27. The molecular weight excluding hydrogens is 400 g/mol. The van der Waals surface area contributed by atoms with Crippen molar-refractivity contribution in [3.8, 4) is 5.75 Å². The molecule has 3 rings (SSSR count). The Labute approximate surface area is 192 Å². The SMILES string of the molecule is CC[C@H](C(=O)NC1CCCC1)N(CCc1ccccc1)C(=O)COc1cc(C)ccc1C. The molecule has 32 heavy (non-hydrogen) atoms. The molecule has 2 aromatic carbocycles. The normalized spacial score (nSPS) is 14.7. The van der Waals surface area contributed by atoms with Gasteiger partial charge in [-0.2, -0.15) is 0 Å². The lowest BCUT2D eigenvalue weighted by Gasteiger charge is -2.31. The number of aryl methyl sites for hydroxylation is 2. The zero-order valence-corrected chi connectivity index (χ0v) is 19.6. The number of hydrogen-bond donors (Lipinski definition) is 1. The van der Waals surface area contributed by atoms with Crippen LogP contribution in [0.5, 0.6) is 5.75 Å². The van der Waals surface area contributed by atoms with E-state index in [1.165, 1.54) is 0 Å². The summed E-state index contributed by atoms with van der Waals surface area (Å²) in [6.07, 6.45) is 5.63. The molecule has 1 N–H and O–H groups in total. The number of ether oxygens (including phenoxy) is 1. The number of nitrogens with zero attached hydrogens (tertiary/aromatic N) is 1. The second-order valence-corrected chi connectivity index (χ2v) is 8.79. The molecule has 0 saturated heterocycles. The van der Waals surface area contributed by atoms with Crippen molar-refractivity contribution in [3.63, 3.8) is 0 Å². The molecule has 1 atom stereocenters. The Bertz CT molecular complexity index is 891. The van der Waals surface area contributed by atoms with Crippen molar-refractivity contribution in [1.29, 1.82) is 0 Å². The number of carbonyl (C=O) groups is 2. The van der Waals surface area contributed by atoms with E-state index in [4.69, 9.17) is 4.74 Å². The van der Waals surface area contributed by atoms with Crippen LogP contribution in [-0.4, -0.2) is 41.9 Å². The molecule has 2 amide bonds. The molecule has 0 aliphatic heterocycles. The molecule has 5 heteroatoms. The minimum atomic E-state index is -0.492. The first-order valence-corrected chi connectivity index (χ1v) is 11.8. The minimum Gasteiger partial charge on any atom is -0.483 e. The fraction of sp³-hybridized carbons (Fsp3) is 0.481. The maximum Gasteiger partial charge on any atom is 0.261 e. The van der Waals surface area contributed by atoms with E-state index in [1.807, 2.05) is 57.2 Å². The number of carbonyl (C=O) groups excluding carboxylic acids is 2. The van der Waals surface area contributed by atoms with Gasteiger partial charge in [-0.25, -0.2) is 0 Å². The van der Waals surface area contributed by atoms with Gasteiger partial charge in [0.15, 0.2) is 6.61 Å². The van der Waals surface area contributed by atoms with Gasteiger partial charge < -0.3 is 15.0 Å². The van der Waals surface area contributed by atoms with Gasteiger partial charge in [0, 0.05) is 12.6 Å². The monoisotopic (exact) mass is 436 g/mol. The largest absolute Gasteiger partial charge is 0.483 e. The second kappa shape index (κ2) is 11.7. The van der Waals surface area contributed by atoms with Crippen LogP contribution in [0.3, 0.4) is 0 Å². The van der Waals surface area contributed by atoms with E-state index in [1.54, 1.807) is 4.90 Å². The number of benzene rings is 2. The van der Waals surface area contributed by atoms with Gasteiger partial charge in [-0.3, -0.25) is 9.59 Å². The Balaban J connectivity index is 1.72. The van der Waals surface area contributed by atoms with Gasteiger partial charge in [0.2, 0.25) is 5.91 Å². The Hall–Kier alpha value is -2.82. The van der Waals surface area contributed by atoms with Crippen LogP contribution in [0.1, 0.15) is 55.7 Å². The standard InChI is InChI=1S/C27H36N2O3/c1-4-24(27(31)28-23-12-8-9-13-23)29(17-16-22-10-6-5-7-11-22)26(30)19-32-25-18-20(2)14-15-21(25)3/h5-7,10-11,14-15,18,23-24H,4,8-9,12-13,16-17,19H2,1-3H3,(H,28,31)/t24-/m1/s1. The van der Waals surface area contributed by atoms with Crippen molar-refractivity contribution in [2.75, 3.05) is 13.2 Å². The number of hydrogen-bond acceptors (Lipinski definition) is 3. The number of amides is 2. The summed E-state index contributed by atoms with van der Waals surface area (Å²) in [6.45, 7) is 6.34. The van der Waals surface area contributed by atoms with Crippen LogP contribution in [-0.2, 0) is 16.0 Å². The fourth-order valence-electron chi connectivity index (χ4n) is 4.35. The van der Waals surface area contributed by atoms with Gasteiger partial charge in [0.25, 0.3) is 5.91 Å². The molecular formula is C27H36N2O3. The average molecular weight is 437 g/mol. The fourth-order valence-corrected chi connectivity index (χ4v) is 4.35. The summed E-state index contributed by atoms with van der Waals surface area (Å²) in [5, 5.41) is 3.18. The molecule has 0 bridgehead atoms. The molecule has 0 spiro atoms. The third kappa shape index (κ3) is 6.59. The van der Waals surface area contributed by atoms with Crippen molar-refractivity contribution >= 4 is 11.8 Å². The van der Waals surface area contributed by atoms with Crippen molar-refractivity contribution in [3.05, 3.63) is 65.2 Å². The van der Waals surface area contributed by atoms with Gasteiger partial charge in [-0.1, -0.05) is 62.2 Å². The van der Waals surface area contributed by atoms with Gasteiger partial charge >= 0.3 is 0 Å². The molecule has 1 aliphatic rings. The molecule has 1 saturated carbocycles. The van der Waals surface area contributed by atoms with Gasteiger partial charge in [0.05, 0.1) is 0 Å². The molecule has 1 aliphatic carbocycles. The zero-order valence-electron chi connectivity index (χ0n) is 19.6. The summed E-state index contributed by atoms with van der Waals surface area (Å²) in [5.41, 5.74) is 3.22. The van der Waals surface area contributed by atoms with E-state index >= 15 is 0 Å². The number of rotatable bonds is 10. The summed E-state index contributed by atoms with van der Waals surface area (Å²) in [5.74, 6) is 0.507. The predicted molar refractivity (Wildman–Crippen MR) is 128 cm³/mol. The average Bonchev–Trinajstić information content (AvgIpc) is 3.30. The number of nitrogens with one attached hydrogen (secondary N) is 1. The van der Waals surface area contributed by atoms with Gasteiger partial charge in [-0.15, -0.1) is 0 Å². The van der Waals surface area contributed by atoms with Crippen molar-refractivity contribution < 1.29 is 14.3 Å². The third-order valence-corrected chi connectivity index (χ3v) is 6.27. The molecule has 5 nitrogen and oxygen atoms in total. The second-order valence-electron chi connectivity index (χ2n) is 8.79. The lowest BCUT2D eigenvalue weighted by molar-refractivity contribution is -0.142.